The number of alkyl halides is 2. The Balaban J connectivity index is 2.83. The van der Waals surface area contributed by atoms with E-state index in [9.17, 15) is 0 Å². The van der Waals surface area contributed by atoms with E-state index in [1.165, 1.54) is 77.0 Å². The third-order valence-corrected chi connectivity index (χ3v) is 3.55. The summed E-state index contributed by atoms with van der Waals surface area (Å²) in [5, 5.41) is 0. The zero-order chi connectivity index (χ0) is 11.9. The van der Waals surface area contributed by atoms with Gasteiger partial charge in [-0.3, -0.25) is 0 Å². The second-order valence-corrected chi connectivity index (χ2v) is 5.38. The molecule has 0 spiro atoms. The number of hydrogen-bond acceptors (Lipinski definition) is 0. The van der Waals surface area contributed by atoms with Gasteiger partial charge in [-0.25, -0.2) is 0 Å². The summed E-state index contributed by atoms with van der Waals surface area (Å²) in [7, 11) is 0. The van der Waals surface area contributed by atoms with Crippen molar-refractivity contribution < 1.29 is 0 Å². The lowest BCUT2D eigenvalue weighted by Crippen LogP contribution is -1.83. The summed E-state index contributed by atoms with van der Waals surface area (Å²) in [4.78, 5) is 0. The second-order valence-electron chi connectivity index (χ2n) is 4.62. The van der Waals surface area contributed by atoms with Crippen molar-refractivity contribution in [2.45, 2.75) is 77.0 Å². The molecule has 0 aliphatic rings. The summed E-state index contributed by atoms with van der Waals surface area (Å²) in [5.41, 5.74) is 0. The first kappa shape index (κ1) is 16.6. The molecule has 0 heterocycles. The Kier molecular flexibility index (Phi) is 16.1. The molecule has 2 heteroatoms. The molecule has 0 saturated heterocycles. The molecule has 0 aromatic heterocycles. The monoisotopic (exact) mass is 266 g/mol. The van der Waals surface area contributed by atoms with E-state index in [-0.39, 0.29) is 0 Å². The molecule has 0 aromatic carbocycles. The van der Waals surface area contributed by atoms with Crippen LogP contribution in [-0.4, -0.2) is 11.8 Å². The van der Waals surface area contributed by atoms with E-state index in [0.29, 0.717) is 0 Å². The van der Waals surface area contributed by atoms with Gasteiger partial charge in [0.25, 0.3) is 0 Å². The summed E-state index contributed by atoms with van der Waals surface area (Å²) >= 11 is 11.3. The highest BCUT2D eigenvalue weighted by Gasteiger charge is 1.93. The van der Waals surface area contributed by atoms with Crippen molar-refractivity contribution in [3.63, 3.8) is 0 Å². The van der Waals surface area contributed by atoms with Crippen molar-refractivity contribution in [2.75, 3.05) is 11.8 Å². The van der Waals surface area contributed by atoms with Gasteiger partial charge < -0.3 is 0 Å². The predicted octanol–water partition coefficient (Wildman–Crippen LogP) is 6.15. The minimum absolute atomic E-state index is 0.836. The first-order chi connectivity index (χ1) is 7.91. The van der Waals surface area contributed by atoms with E-state index in [4.69, 9.17) is 23.2 Å². The van der Waals surface area contributed by atoms with Crippen molar-refractivity contribution in [3.05, 3.63) is 0 Å². The van der Waals surface area contributed by atoms with E-state index < -0.39 is 0 Å². The van der Waals surface area contributed by atoms with Gasteiger partial charge in [-0.05, 0) is 12.8 Å². The van der Waals surface area contributed by atoms with Gasteiger partial charge in [0.2, 0.25) is 0 Å². The maximum atomic E-state index is 5.63. The van der Waals surface area contributed by atoms with Gasteiger partial charge in [0.05, 0.1) is 0 Å². The minimum Gasteiger partial charge on any atom is -0.127 e. The van der Waals surface area contributed by atoms with Gasteiger partial charge >= 0.3 is 0 Å². The van der Waals surface area contributed by atoms with E-state index in [2.05, 4.69) is 0 Å². The van der Waals surface area contributed by atoms with Crippen molar-refractivity contribution in [1.82, 2.24) is 0 Å². The Morgan fingerprint density at radius 2 is 0.500 bits per heavy atom. The molecule has 0 N–H and O–H groups in total. The van der Waals surface area contributed by atoms with Crippen molar-refractivity contribution >= 4 is 23.2 Å². The van der Waals surface area contributed by atoms with Crippen molar-refractivity contribution in [1.29, 1.82) is 0 Å². The molecule has 0 nitrogen and oxygen atoms in total. The largest absolute Gasteiger partial charge is 0.127 e. The summed E-state index contributed by atoms with van der Waals surface area (Å²) in [6.07, 6.45) is 16.3. The fraction of sp³-hybridized carbons (Fsp3) is 1.00. The lowest BCUT2D eigenvalue weighted by Gasteiger charge is -2.02. The fourth-order valence-electron chi connectivity index (χ4n) is 1.96. The van der Waals surface area contributed by atoms with Gasteiger partial charge in [-0.15, -0.1) is 23.2 Å². The topological polar surface area (TPSA) is 0 Å². The van der Waals surface area contributed by atoms with Crippen LogP contribution in [0.25, 0.3) is 0 Å². The highest BCUT2D eigenvalue weighted by atomic mass is 35.5. The summed E-state index contributed by atoms with van der Waals surface area (Å²) in [6.45, 7) is 0. The van der Waals surface area contributed by atoms with Gasteiger partial charge in [0, 0.05) is 11.8 Å². The molecule has 0 saturated carbocycles. The number of hydrogen-bond donors (Lipinski definition) is 0. The molecule has 0 rings (SSSR count). The van der Waals surface area contributed by atoms with Gasteiger partial charge in [0.1, 0.15) is 0 Å². The van der Waals surface area contributed by atoms with E-state index >= 15 is 0 Å². The maximum absolute atomic E-state index is 5.63. The quantitative estimate of drug-likeness (QED) is 0.277. The smallest absolute Gasteiger partial charge is 0.0223 e. The molecule has 0 bridgehead atoms. The Morgan fingerprint density at radius 3 is 0.688 bits per heavy atom. The average molecular weight is 267 g/mol. The van der Waals surface area contributed by atoms with Crippen molar-refractivity contribution in [2.24, 2.45) is 0 Å². The zero-order valence-corrected chi connectivity index (χ0v) is 12.2. The van der Waals surface area contributed by atoms with Gasteiger partial charge in [-0.2, -0.15) is 0 Å². The van der Waals surface area contributed by atoms with Crippen LogP contribution in [0, 0.1) is 0 Å². The Morgan fingerprint density at radius 1 is 0.312 bits per heavy atom. The normalized spacial score (nSPS) is 10.9. The molecule has 0 atom stereocenters. The lowest BCUT2D eigenvalue weighted by molar-refractivity contribution is 0.548. The molecule has 98 valence electrons. The Bertz CT molecular complexity index is 101. The minimum atomic E-state index is 0.836. The number of unbranched alkanes of at least 4 members (excludes halogenated alkanes) is 11. The first-order valence-electron chi connectivity index (χ1n) is 7.03. The van der Waals surface area contributed by atoms with Gasteiger partial charge in [0.15, 0.2) is 0 Å². The van der Waals surface area contributed by atoms with Crippen LogP contribution < -0.4 is 0 Å². The lowest BCUT2D eigenvalue weighted by atomic mass is 10.1. The number of rotatable bonds is 13. The third kappa shape index (κ3) is 14.6. The fourth-order valence-corrected chi connectivity index (χ4v) is 2.33. The summed E-state index contributed by atoms with van der Waals surface area (Å²) in [5.74, 6) is 1.67. The third-order valence-electron chi connectivity index (χ3n) is 3.02. The van der Waals surface area contributed by atoms with Crippen LogP contribution in [0.15, 0.2) is 0 Å². The average Bonchev–Trinajstić information content (AvgIpc) is 2.31. The first-order valence-corrected chi connectivity index (χ1v) is 8.10. The highest BCUT2D eigenvalue weighted by molar-refractivity contribution is 6.18. The molecular weight excluding hydrogens is 239 g/mol. The molecule has 16 heavy (non-hydrogen) atoms. The number of halogens is 2. The highest BCUT2D eigenvalue weighted by Crippen LogP contribution is 2.12. The van der Waals surface area contributed by atoms with E-state index in [1.807, 2.05) is 0 Å². The second kappa shape index (κ2) is 15.6. The SMILES string of the molecule is ClCCCCCCCCCCCCCCCl. The van der Waals surface area contributed by atoms with Crippen LogP contribution in [0.1, 0.15) is 77.0 Å². The van der Waals surface area contributed by atoms with Crippen LogP contribution in [0.5, 0.6) is 0 Å². The maximum Gasteiger partial charge on any atom is 0.0223 e. The van der Waals surface area contributed by atoms with Gasteiger partial charge in [-0.1, -0.05) is 64.2 Å². The molecule has 0 aliphatic carbocycles. The van der Waals surface area contributed by atoms with Crippen LogP contribution in [0.2, 0.25) is 0 Å². The van der Waals surface area contributed by atoms with E-state index in [1.54, 1.807) is 0 Å². The standard InChI is InChI=1S/C14H28Cl2/c15-13-11-9-7-5-3-1-2-4-6-8-10-12-14-16/h1-14H2. The zero-order valence-electron chi connectivity index (χ0n) is 10.7. The summed E-state index contributed by atoms with van der Waals surface area (Å²) < 4.78 is 0. The molecule has 0 aromatic rings. The Hall–Kier alpha value is 0.580. The predicted molar refractivity (Wildman–Crippen MR) is 76.8 cm³/mol. The molecule has 0 aliphatic heterocycles. The molecule has 0 amide bonds. The molecule has 0 unspecified atom stereocenters. The van der Waals surface area contributed by atoms with Crippen LogP contribution in [0.3, 0.4) is 0 Å². The molecular formula is C14H28Cl2. The molecule has 0 fully saturated rings. The Labute approximate surface area is 112 Å². The molecule has 0 radical (unpaired) electrons. The van der Waals surface area contributed by atoms with Crippen LogP contribution in [-0.2, 0) is 0 Å². The van der Waals surface area contributed by atoms with Crippen molar-refractivity contribution in [3.8, 4) is 0 Å². The van der Waals surface area contributed by atoms with Crippen LogP contribution in [0.4, 0.5) is 0 Å². The summed E-state index contributed by atoms with van der Waals surface area (Å²) in [6, 6.07) is 0. The van der Waals surface area contributed by atoms with Crippen LogP contribution >= 0.6 is 23.2 Å². The van der Waals surface area contributed by atoms with E-state index in [0.717, 1.165) is 11.8 Å².